The second-order valence-corrected chi connectivity index (χ2v) is 4.66. The predicted octanol–water partition coefficient (Wildman–Crippen LogP) is 1.92. The standard InChI is InChI=1S/C10H17N3O/c1-7-11-9(14-12-7)8-5-6-10(2,3)13(8)4/h8H,5-6H2,1-4H3. The van der Waals surface area contributed by atoms with Crippen LogP contribution in [0.25, 0.3) is 0 Å². The van der Waals surface area contributed by atoms with E-state index in [1.54, 1.807) is 0 Å². The highest BCUT2D eigenvalue weighted by molar-refractivity contribution is 5.01. The summed E-state index contributed by atoms with van der Waals surface area (Å²) >= 11 is 0. The molecule has 2 heterocycles. The lowest BCUT2D eigenvalue weighted by molar-refractivity contribution is 0.146. The van der Waals surface area contributed by atoms with Crippen molar-refractivity contribution in [3.05, 3.63) is 11.7 Å². The smallest absolute Gasteiger partial charge is 0.243 e. The summed E-state index contributed by atoms with van der Waals surface area (Å²) in [5.41, 5.74) is 0.243. The molecule has 1 aromatic rings. The SMILES string of the molecule is Cc1noc(C2CCC(C)(C)N2C)n1. The fraction of sp³-hybridized carbons (Fsp3) is 0.800. The number of hydrogen-bond donors (Lipinski definition) is 0. The molecule has 0 radical (unpaired) electrons. The lowest BCUT2D eigenvalue weighted by atomic mass is 10.0. The summed E-state index contributed by atoms with van der Waals surface area (Å²) in [5.74, 6) is 1.48. The van der Waals surface area contributed by atoms with Gasteiger partial charge < -0.3 is 4.52 Å². The Labute approximate surface area is 84.3 Å². The highest BCUT2D eigenvalue weighted by Crippen LogP contribution is 2.39. The van der Waals surface area contributed by atoms with E-state index in [1.807, 2.05) is 6.92 Å². The predicted molar refractivity (Wildman–Crippen MR) is 52.9 cm³/mol. The summed E-state index contributed by atoms with van der Waals surface area (Å²) < 4.78 is 5.21. The largest absolute Gasteiger partial charge is 0.338 e. The van der Waals surface area contributed by atoms with Crippen LogP contribution in [-0.2, 0) is 0 Å². The first-order valence-electron chi connectivity index (χ1n) is 5.04. The number of rotatable bonds is 1. The van der Waals surface area contributed by atoms with E-state index in [9.17, 15) is 0 Å². The average molecular weight is 195 g/mol. The first-order valence-corrected chi connectivity index (χ1v) is 5.04. The van der Waals surface area contributed by atoms with Crippen LogP contribution in [0.3, 0.4) is 0 Å². The minimum Gasteiger partial charge on any atom is -0.338 e. The third-order valence-electron chi connectivity index (χ3n) is 3.28. The zero-order chi connectivity index (χ0) is 10.3. The van der Waals surface area contributed by atoms with Crippen molar-refractivity contribution >= 4 is 0 Å². The molecule has 1 unspecified atom stereocenters. The molecule has 1 atom stereocenters. The first kappa shape index (κ1) is 9.65. The van der Waals surface area contributed by atoms with Crippen LogP contribution in [0.4, 0.5) is 0 Å². The van der Waals surface area contributed by atoms with Crippen LogP contribution in [0.5, 0.6) is 0 Å². The van der Waals surface area contributed by atoms with E-state index < -0.39 is 0 Å². The zero-order valence-electron chi connectivity index (χ0n) is 9.24. The molecule has 14 heavy (non-hydrogen) atoms. The van der Waals surface area contributed by atoms with Crippen LogP contribution in [0.1, 0.15) is 44.4 Å². The molecular formula is C10H17N3O. The van der Waals surface area contributed by atoms with Crippen molar-refractivity contribution in [1.29, 1.82) is 0 Å². The van der Waals surface area contributed by atoms with Crippen LogP contribution >= 0.6 is 0 Å². The van der Waals surface area contributed by atoms with Crippen LogP contribution in [-0.4, -0.2) is 27.6 Å². The summed E-state index contributed by atoms with van der Waals surface area (Å²) in [6, 6.07) is 0.297. The van der Waals surface area contributed by atoms with Crippen molar-refractivity contribution in [2.24, 2.45) is 0 Å². The summed E-state index contributed by atoms with van der Waals surface area (Å²) in [7, 11) is 2.12. The molecule has 0 N–H and O–H groups in total. The van der Waals surface area contributed by atoms with Crippen LogP contribution < -0.4 is 0 Å². The molecule has 0 amide bonds. The Bertz CT molecular complexity index is 332. The van der Waals surface area contributed by atoms with Crippen molar-refractivity contribution in [2.75, 3.05) is 7.05 Å². The van der Waals surface area contributed by atoms with Gasteiger partial charge in [-0.25, -0.2) is 0 Å². The highest BCUT2D eigenvalue weighted by Gasteiger charge is 2.39. The number of likely N-dealkylation sites (tertiary alicyclic amines) is 1. The highest BCUT2D eigenvalue weighted by atomic mass is 16.5. The second-order valence-electron chi connectivity index (χ2n) is 4.66. The monoisotopic (exact) mass is 195 g/mol. The minimum absolute atomic E-state index is 0.243. The maximum absolute atomic E-state index is 5.21. The normalized spacial score (nSPS) is 27.0. The molecule has 1 aromatic heterocycles. The van der Waals surface area contributed by atoms with E-state index in [2.05, 4.69) is 35.9 Å². The van der Waals surface area contributed by atoms with Crippen LogP contribution in [0.15, 0.2) is 4.52 Å². The van der Waals surface area contributed by atoms with Gasteiger partial charge in [-0.1, -0.05) is 5.16 Å². The minimum atomic E-state index is 0.243. The van der Waals surface area contributed by atoms with Gasteiger partial charge in [-0.2, -0.15) is 4.98 Å². The van der Waals surface area contributed by atoms with E-state index in [0.29, 0.717) is 6.04 Å². The number of hydrogen-bond acceptors (Lipinski definition) is 4. The van der Waals surface area contributed by atoms with Gasteiger partial charge in [0.05, 0.1) is 6.04 Å². The van der Waals surface area contributed by atoms with E-state index in [-0.39, 0.29) is 5.54 Å². The number of aromatic nitrogens is 2. The lowest BCUT2D eigenvalue weighted by Crippen LogP contribution is -2.36. The third-order valence-corrected chi connectivity index (χ3v) is 3.28. The molecule has 0 bridgehead atoms. The molecule has 0 aromatic carbocycles. The van der Waals surface area contributed by atoms with Crippen molar-refractivity contribution in [3.63, 3.8) is 0 Å². The van der Waals surface area contributed by atoms with Gasteiger partial charge in [-0.15, -0.1) is 0 Å². The molecule has 4 heteroatoms. The Kier molecular flexibility index (Phi) is 2.10. The van der Waals surface area contributed by atoms with Gasteiger partial charge >= 0.3 is 0 Å². The van der Waals surface area contributed by atoms with Crippen molar-refractivity contribution in [3.8, 4) is 0 Å². The Morgan fingerprint density at radius 1 is 1.50 bits per heavy atom. The molecule has 2 rings (SSSR count). The summed E-state index contributed by atoms with van der Waals surface area (Å²) in [5, 5.41) is 3.83. The molecule has 78 valence electrons. The summed E-state index contributed by atoms with van der Waals surface area (Å²) in [6.07, 6.45) is 2.28. The summed E-state index contributed by atoms with van der Waals surface area (Å²) in [4.78, 5) is 6.61. The van der Waals surface area contributed by atoms with Crippen LogP contribution in [0, 0.1) is 6.92 Å². The maximum atomic E-state index is 5.21. The van der Waals surface area contributed by atoms with Gasteiger partial charge in [-0.3, -0.25) is 4.90 Å². The van der Waals surface area contributed by atoms with Gasteiger partial charge in [0.15, 0.2) is 5.82 Å². The molecule has 1 saturated heterocycles. The van der Waals surface area contributed by atoms with Crippen molar-refractivity contribution in [1.82, 2.24) is 15.0 Å². The Morgan fingerprint density at radius 3 is 2.64 bits per heavy atom. The van der Waals surface area contributed by atoms with Gasteiger partial charge in [0.1, 0.15) is 0 Å². The quantitative estimate of drug-likeness (QED) is 0.686. The molecule has 1 aliphatic rings. The molecule has 0 aliphatic carbocycles. The maximum Gasteiger partial charge on any atom is 0.243 e. The zero-order valence-corrected chi connectivity index (χ0v) is 9.24. The number of aryl methyl sites for hydroxylation is 1. The molecule has 0 spiro atoms. The van der Waals surface area contributed by atoms with Gasteiger partial charge in [0, 0.05) is 5.54 Å². The first-order chi connectivity index (χ1) is 6.50. The fourth-order valence-electron chi connectivity index (χ4n) is 2.02. The molecule has 4 nitrogen and oxygen atoms in total. The third kappa shape index (κ3) is 1.43. The number of nitrogens with zero attached hydrogens (tertiary/aromatic N) is 3. The Morgan fingerprint density at radius 2 is 2.21 bits per heavy atom. The van der Waals surface area contributed by atoms with Gasteiger partial charge in [0.2, 0.25) is 5.89 Å². The van der Waals surface area contributed by atoms with E-state index in [1.165, 1.54) is 6.42 Å². The second kappa shape index (κ2) is 3.05. The summed E-state index contributed by atoms with van der Waals surface area (Å²) in [6.45, 7) is 6.35. The molecule has 1 aliphatic heterocycles. The molecule has 1 fully saturated rings. The average Bonchev–Trinajstić information content (AvgIpc) is 2.60. The van der Waals surface area contributed by atoms with Crippen LogP contribution in [0.2, 0.25) is 0 Å². The van der Waals surface area contributed by atoms with Gasteiger partial charge in [0.25, 0.3) is 0 Å². The lowest BCUT2D eigenvalue weighted by Gasteiger charge is -2.30. The van der Waals surface area contributed by atoms with Crippen molar-refractivity contribution in [2.45, 2.75) is 45.2 Å². The Balaban J connectivity index is 2.22. The molecule has 0 saturated carbocycles. The van der Waals surface area contributed by atoms with E-state index >= 15 is 0 Å². The van der Waals surface area contributed by atoms with Gasteiger partial charge in [-0.05, 0) is 40.7 Å². The Hall–Kier alpha value is -0.900. The topological polar surface area (TPSA) is 42.2 Å². The fourth-order valence-corrected chi connectivity index (χ4v) is 2.02. The molecular weight excluding hydrogens is 178 g/mol. The van der Waals surface area contributed by atoms with E-state index in [0.717, 1.165) is 18.1 Å². The van der Waals surface area contributed by atoms with Crippen molar-refractivity contribution < 1.29 is 4.52 Å². The van der Waals surface area contributed by atoms with E-state index in [4.69, 9.17) is 4.52 Å².